The first-order chi connectivity index (χ1) is 26.1. The number of hydrogen-bond donors (Lipinski definition) is 1. The summed E-state index contributed by atoms with van der Waals surface area (Å²) in [5, 5.41) is 14.0. The molecule has 6 aromatic rings. The van der Waals surface area contributed by atoms with E-state index in [4.69, 9.17) is 2.74 Å². The minimum Gasteiger partial charge on any atom is -0.512 e. The fourth-order valence-electron chi connectivity index (χ4n) is 6.72. The maximum atomic E-state index is 11.7. The van der Waals surface area contributed by atoms with Crippen molar-refractivity contribution in [2.45, 2.75) is 94.9 Å². The van der Waals surface area contributed by atoms with E-state index in [0.717, 1.165) is 80.9 Å². The van der Waals surface area contributed by atoms with Crippen LogP contribution in [-0.4, -0.2) is 20.9 Å². The number of fused-ring (bicyclic) bond motifs is 2. The van der Waals surface area contributed by atoms with Gasteiger partial charge in [-0.3, -0.25) is 4.79 Å². The minimum atomic E-state index is 0. The molecular formula is C49H56IrN2O2-2. The van der Waals surface area contributed by atoms with Crippen LogP contribution in [0.25, 0.3) is 44.1 Å². The van der Waals surface area contributed by atoms with Crippen molar-refractivity contribution in [2.24, 2.45) is 11.8 Å². The molecule has 0 aliphatic rings. The zero-order chi connectivity index (χ0) is 40.4. The maximum Gasteiger partial charge on any atom is 0.162 e. The van der Waals surface area contributed by atoms with Crippen LogP contribution in [0.15, 0.2) is 97.0 Å². The number of aliphatic hydroxyl groups excluding tert-OH is 1. The van der Waals surface area contributed by atoms with Crippen LogP contribution in [0.5, 0.6) is 0 Å². The molecule has 0 fully saturated rings. The number of allylic oxidation sites excluding steroid dienone is 2. The largest absolute Gasteiger partial charge is 0.512 e. The quantitative estimate of drug-likeness (QED) is 0.0892. The summed E-state index contributed by atoms with van der Waals surface area (Å²) in [5.74, 6) is 0.547. The molecule has 4 aromatic carbocycles. The Morgan fingerprint density at radius 3 is 1.41 bits per heavy atom. The second-order valence-electron chi connectivity index (χ2n) is 14.2. The van der Waals surface area contributed by atoms with Gasteiger partial charge in [0, 0.05) is 50.4 Å². The van der Waals surface area contributed by atoms with Crippen molar-refractivity contribution in [1.29, 1.82) is 0 Å². The van der Waals surface area contributed by atoms with Gasteiger partial charge in [-0.05, 0) is 84.6 Å². The number of aromatic nitrogens is 2. The van der Waals surface area contributed by atoms with Gasteiger partial charge in [-0.2, -0.15) is 0 Å². The molecule has 0 aliphatic heterocycles. The minimum absolute atomic E-state index is 0. The Morgan fingerprint density at radius 1 is 0.630 bits per heavy atom. The number of aliphatic hydroxyl groups is 1. The maximum absolute atomic E-state index is 11.7. The molecule has 1 N–H and O–H groups in total. The standard InChI is InChI=1S/2C18H16N.C13H24O2.Ir/c2*1-12-4-5-17-15(9-12)6-7-19-18(17)16-10-13(2)8-14(3)11-16;1-5-10(6-2)12(14)9-13(15)11(7-3)8-4;/h2*4-10H,1-3H3;9-11,14H,5-8H2,1-4H3;/q2*-1;;/b;;12-9-;/i2*7D;;. The second-order valence-corrected chi connectivity index (χ2v) is 14.2. The first-order valence-corrected chi connectivity index (χ1v) is 18.9. The van der Waals surface area contributed by atoms with Crippen molar-refractivity contribution in [3.63, 3.8) is 0 Å². The van der Waals surface area contributed by atoms with E-state index in [1.165, 1.54) is 28.3 Å². The molecule has 2 aromatic heterocycles. The SMILES string of the molecule is CCC(CC)C(=O)/C=C(\O)C(CC)CC.[2H]c1cc2cc(C)ccc2c(-c2[c-]c(C)cc(C)c2)n1.[2H]c1cc2cc(C)ccc2c(-c2[c-]c(C)cc(C)c2)n1.[Ir]. The van der Waals surface area contributed by atoms with E-state index in [1.807, 2.05) is 53.7 Å². The zero-order valence-electron chi connectivity index (χ0n) is 35.6. The van der Waals surface area contributed by atoms with Crippen molar-refractivity contribution in [3.8, 4) is 22.5 Å². The summed E-state index contributed by atoms with van der Waals surface area (Å²) in [7, 11) is 0. The number of aryl methyl sites for hydroxylation is 6. The summed E-state index contributed by atoms with van der Waals surface area (Å²) >= 11 is 0. The third-order valence-electron chi connectivity index (χ3n) is 9.61. The fraction of sp³-hybridized carbons (Fsp3) is 0.327. The first kappa shape index (κ1) is 40.7. The molecule has 0 spiro atoms. The molecule has 2 heterocycles. The summed E-state index contributed by atoms with van der Waals surface area (Å²) in [6.07, 6.45) is 5.50. The number of carbonyl (C=O) groups is 1. The van der Waals surface area contributed by atoms with Crippen LogP contribution in [0.1, 0.15) is 89.5 Å². The number of rotatable bonds is 9. The number of benzene rings is 4. The number of ketones is 1. The molecule has 0 amide bonds. The van der Waals surface area contributed by atoms with E-state index in [0.29, 0.717) is 12.3 Å². The van der Waals surface area contributed by atoms with E-state index in [-0.39, 0.29) is 43.5 Å². The Bertz CT molecular complexity index is 2120. The summed E-state index contributed by atoms with van der Waals surface area (Å²) < 4.78 is 15.8. The summed E-state index contributed by atoms with van der Waals surface area (Å²) in [4.78, 5) is 20.6. The summed E-state index contributed by atoms with van der Waals surface area (Å²) in [6.45, 7) is 20.4. The topological polar surface area (TPSA) is 63.1 Å². The van der Waals surface area contributed by atoms with Gasteiger partial charge in [0.05, 0.1) is 8.50 Å². The van der Waals surface area contributed by atoms with Crippen LogP contribution in [0.4, 0.5) is 0 Å². The second kappa shape index (κ2) is 20.9. The van der Waals surface area contributed by atoms with Gasteiger partial charge in [-0.25, -0.2) is 0 Å². The van der Waals surface area contributed by atoms with Gasteiger partial charge in [-0.15, -0.1) is 69.8 Å². The van der Waals surface area contributed by atoms with Crippen molar-refractivity contribution < 1.29 is 32.7 Å². The van der Waals surface area contributed by atoms with E-state index >= 15 is 0 Å². The van der Waals surface area contributed by atoms with E-state index in [1.54, 1.807) is 0 Å². The molecule has 1 radical (unpaired) electrons. The smallest absolute Gasteiger partial charge is 0.162 e. The predicted molar refractivity (Wildman–Crippen MR) is 224 cm³/mol. The monoisotopic (exact) mass is 899 g/mol. The Hall–Kier alpha value is -4.44. The molecular weight excluding hydrogens is 841 g/mol. The third-order valence-corrected chi connectivity index (χ3v) is 9.61. The number of carbonyl (C=O) groups excluding carboxylic acids is 1. The van der Waals surface area contributed by atoms with Gasteiger partial charge in [-0.1, -0.05) is 103 Å². The van der Waals surface area contributed by atoms with Crippen LogP contribution >= 0.6 is 0 Å². The van der Waals surface area contributed by atoms with Gasteiger partial charge in [0.15, 0.2) is 5.78 Å². The van der Waals surface area contributed by atoms with Crippen molar-refractivity contribution in [2.75, 3.05) is 0 Å². The van der Waals surface area contributed by atoms with Gasteiger partial charge in [0.2, 0.25) is 0 Å². The molecule has 0 atom stereocenters. The fourth-order valence-corrected chi connectivity index (χ4v) is 6.72. The molecule has 0 aliphatic carbocycles. The first-order valence-electron chi connectivity index (χ1n) is 19.9. The van der Waals surface area contributed by atoms with Crippen LogP contribution < -0.4 is 0 Å². The van der Waals surface area contributed by atoms with E-state index in [2.05, 4.69) is 110 Å². The van der Waals surface area contributed by atoms with Crippen molar-refractivity contribution >= 4 is 27.3 Å². The summed E-state index contributed by atoms with van der Waals surface area (Å²) in [6, 6.07) is 31.2. The normalized spacial score (nSPS) is 11.7. The number of pyridine rings is 2. The molecule has 0 saturated heterocycles. The average Bonchev–Trinajstić information content (AvgIpc) is 3.11. The van der Waals surface area contributed by atoms with Crippen LogP contribution in [0.2, 0.25) is 0 Å². The van der Waals surface area contributed by atoms with Gasteiger partial charge in [0.1, 0.15) is 0 Å². The van der Waals surface area contributed by atoms with Gasteiger partial charge < -0.3 is 15.1 Å². The number of hydrogen-bond acceptors (Lipinski definition) is 4. The molecule has 285 valence electrons. The Kier molecular flexibility index (Phi) is 15.7. The molecule has 4 nitrogen and oxygen atoms in total. The zero-order valence-corrected chi connectivity index (χ0v) is 36.0. The Balaban J connectivity index is 0.000000227. The average molecular weight is 899 g/mol. The molecule has 0 bridgehead atoms. The van der Waals surface area contributed by atoms with Gasteiger partial charge in [0.25, 0.3) is 0 Å². The molecule has 54 heavy (non-hydrogen) atoms. The van der Waals surface area contributed by atoms with E-state index < -0.39 is 0 Å². The van der Waals surface area contributed by atoms with E-state index in [9.17, 15) is 9.90 Å². The van der Waals surface area contributed by atoms with Gasteiger partial charge >= 0.3 is 0 Å². The Labute approximate surface area is 340 Å². The summed E-state index contributed by atoms with van der Waals surface area (Å²) in [5.41, 5.74) is 10.6. The molecule has 0 unspecified atom stereocenters. The van der Waals surface area contributed by atoms with Crippen LogP contribution in [0, 0.1) is 65.5 Å². The van der Waals surface area contributed by atoms with Crippen molar-refractivity contribution in [1.82, 2.24) is 9.97 Å². The van der Waals surface area contributed by atoms with Crippen molar-refractivity contribution in [3.05, 3.63) is 142 Å². The molecule has 5 heteroatoms. The van der Waals surface area contributed by atoms with Crippen LogP contribution in [-0.2, 0) is 24.9 Å². The molecule has 6 rings (SSSR count). The number of nitrogens with zero attached hydrogens (tertiary/aromatic N) is 2. The predicted octanol–water partition coefficient (Wildman–Crippen LogP) is 13.1. The Morgan fingerprint density at radius 2 is 1.04 bits per heavy atom. The van der Waals surface area contributed by atoms with Crippen LogP contribution in [0.3, 0.4) is 0 Å². The molecule has 0 saturated carbocycles. The third kappa shape index (κ3) is 11.8.